The van der Waals surface area contributed by atoms with Crippen LogP contribution in [-0.2, 0) is 9.53 Å². The summed E-state index contributed by atoms with van der Waals surface area (Å²) >= 11 is 7.00. The first kappa shape index (κ1) is 20.3. The van der Waals surface area contributed by atoms with Crippen molar-refractivity contribution in [3.63, 3.8) is 0 Å². The van der Waals surface area contributed by atoms with Gasteiger partial charge in [-0.25, -0.2) is 0 Å². The van der Waals surface area contributed by atoms with Crippen molar-refractivity contribution >= 4 is 40.7 Å². The van der Waals surface area contributed by atoms with Crippen LogP contribution < -0.4 is 10.6 Å². The molecule has 0 heterocycles. The van der Waals surface area contributed by atoms with Gasteiger partial charge in [0.15, 0.2) is 5.11 Å². The van der Waals surface area contributed by atoms with Gasteiger partial charge in [-0.05, 0) is 80.0 Å². The number of carbonyl (C=O) groups is 1. The van der Waals surface area contributed by atoms with Gasteiger partial charge in [-0.1, -0.05) is 17.8 Å². The highest BCUT2D eigenvalue weighted by atomic mass is 32.2. The number of methoxy groups -OCH3 is 1. The van der Waals surface area contributed by atoms with E-state index in [1.165, 1.54) is 28.0 Å². The van der Waals surface area contributed by atoms with E-state index in [1.54, 1.807) is 11.8 Å². The Kier molecular flexibility index (Phi) is 7.94. The summed E-state index contributed by atoms with van der Waals surface area (Å²) in [5.41, 5.74) is 3.54. The van der Waals surface area contributed by atoms with Crippen molar-refractivity contribution in [1.29, 1.82) is 0 Å². The van der Waals surface area contributed by atoms with Gasteiger partial charge in [-0.15, -0.1) is 0 Å². The molecular formula is C20H24N2O2S2. The molecule has 4 nitrogen and oxygen atoms in total. The smallest absolute Gasteiger partial charge is 0.305 e. The van der Waals surface area contributed by atoms with E-state index in [0.29, 0.717) is 24.5 Å². The topological polar surface area (TPSA) is 50.4 Å². The fraction of sp³-hybridized carbons (Fsp3) is 0.300. The summed E-state index contributed by atoms with van der Waals surface area (Å²) < 4.78 is 4.60. The highest BCUT2D eigenvalue weighted by molar-refractivity contribution is 7.99. The van der Waals surface area contributed by atoms with Crippen LogP contribution in [0.15, 0.2) is 52.3 Å². The predicted molar refractivity (Wildman–Crippen MR) is 112 cm³/mol. The summed E-state index contributed by atoms with van der Waals surface area (Å²) in [6.45, 7) is 4.88. The highest BCUT2D eigenvalue weighted by Gasteiger charge is 2.03. The number of hydrogen-bond acceptors (Lipinski definition) is 4. The first-order chi connectivity index (χ1) is 12.5. The summed E-state index contributed by atoms with van der Waals surface area (Å²) in [5.74, 6) is -0.206. The molecule has 2 aromatic carbocycles. The molecule has 0 radical (unpaired) electrons. The lowest BCUT2D eigenvalue weighted by Crippen LogP contribution is -2.29. The normalized spacial score (nSPS) is 10.3. The second-order valence-electron chi connectivity index (χ2n) is 5.93. The Balaban J connectivity index is 1.80. The van der Waals surface area contributed by atoms with Gasteiger partial charge in [0.1, 0.15) is 0 Å². The maximum atomic E-state index is 11.0. The molecule has 0 atom stereocenters. The van der Waals surface area contributed by atoms with Crippen molar-refractivity contribution < 1.29 is 9.53 Å². The van der Waals surface area contributed by atoms with Crippen LogP contribution in [0.3, 0.4) is 0 Å². The lowest BCUT2D eigenvalue weighted by Gasteiger charge is -2.11. The van der Waals surface area contributed by atoms with E-state index < -0.39 is 0 Å². The molecule has 2 rings (SSSR count). The van der Waals surface area contributed by atoms with Gasteiger partial charge in [0, 0.05) is 28.4 Å². The highest BCUT2D eigenvalue weighted by Crippen LogP contribution is 2.29. The van der Waals surface area contributed by atoms with E-state index in [-0.39, 0.29) is 5.97 Å². The Bertz CT molecular complexity index is 761. The quantitative estimate of drug-likeness (QED) is 0.408. The minimum absolute atomic E-state index is 0.206. The minimum atomic E-state index is -0.206. The molecule has 0 aliphatic rings. The molecule has 6 heteroatoms. The third kappa shape index (κ3) is 6.69. The second kappa shape index (κ2) is 10.2. The second-order valence-corrected chi connectivity index (χ2v) is 7.49. The number of carbonyl (C=O) groups excluding carboxylic acids is 1. The summed E-state index contributed by atoms with van der Waals surface area (Å²) in [4.78, 5) is 13.5. The van der Waals surface area contributed by atoms with E-state index in [4.69, 9.17) is 12.2 Å². The van der Waals surface area contributed by atoms with Crippen molar-refractivity contribution in [2.24, 2.45) is 0 Å². The average Bonchev–Trinajstić information content (AvgIpc) is 2.63. The fourth-order valence-electron chi connectivity index (χ4n) is 2.23. The summed E-state index contributed by atoms with van der Waals surface area (Å²) in [5, 5.41) is 6.78. The van der Waals surface area contributed by atoms with Crippen molar-refractivity contribution in [3.05, 3.63) is 53.6 Å². The first-order valence-electron chi connectivity index (χ1n) is 8.45. The molecule has 26 heavy (non-hydrogen) atoms. The molecule has 0 fully saturated rings. The number of benzene rings is 2. The molecule has 0 saturated carbocycles. The van der Waals surface area contributed by atoms with E-state index in [1.807, 2.05) is 12.1 Å². The zero-order chi connectivity index (χ0) is 18.9. The predicted octanol–water partition coefficient (Wildman–Crippen LogP) is 4.69. The molecule has 0 spiro atoms. The van der Waals surface area contributed by atoms with Gasteiger partial charge in [0.2, 0.25) is 0 Å². The zero-order valence-electron chi connectivity index (χ0n) is 15.3. The number of esters is 1. The molecule has 138 valence electrons. The number of nitrogens with one attached hydrogen (secondary N) is 2. The maximum absolute atomic E-state index is 11.0. The number of aryl methyl sites for hydroxylation is 2. The number of ether oxygens (including phenoxy) is 1. The van der Waals surface area contributed by atoms with Gasteiger partial charge in [-0.2, -0.15) is 0 Å². The number of anilines is 1. The Labute approximate surface area is 164 Å². The Morgan fingerprint density at radius 3 is 2.42 bits per heavy atom. The Morgan fingerprint density at radius 2 is 1.77 bits per heavy atom. The van der Waals surface area contributed by atoms with Crippen LogP contribution in [-0.4, -0.2) is 24.7 Å². The van der Waals surface area contributed by atoms with Crippen LogP contribution in [0.4, 0.5) is 5.69 Å². The van der Waals surface area contributed by atoms with Crippen LogP contribution in [0.25, 0.3) is 0 Å². The SMILES string of the molecule is COC(=O)CCCNC(=S)Nc1ccc(Sc2ccc(C)c(C)c2)cc1. The maximum Gasteiger partial charge on any atom is 0.305 e. The van der Waals surface area contributed by atoms with E-state index in [2.05, 4.69) is 59.5 Å². The van der Waals surface area contributed by atoms with Crippen LogP contribution in [0.5, 0.6) is 0 Å². The molecule has 0 unspecified atom stereocenters. The first-order valence-corrected chi connectivity index (χ1v) is 9.67. The van der Waals surface area contributed by atoms with Crippen molar-refractivity contribution in [2.45, 2.75) is 36.5 Å². The van der Waals surface area contributed by atoms with E-state index in [9.17, 15) is 4.79 Å². The van der Waals surface area contributed by atoms with E-state index >= 15 is 0 Å². The van der Waals surface area contributed by atoms with Gasteiger partial charge < -0.3 is 15.4 Å². The van der Waals surface area contributed by atoms with Crippen LogP contribution >= 0.6 is 24.0 Å². The minimum Gasteiger partial charge on any atom is -0.469 e. The molecule has 0 aromatic heterocycles. The largest absolute Gasteiger partial charge is 0.469 e. The molecular weight excluding hydrogens is 364 g/mol. The van der Waals surface area contributed by atoms with Gasteiger partial charge in [-0.3, -0.25) is 4.79 Å². The summed E-state index contributed by atoms with van der Waals surface area (Å²) in [7, 11) is 1.39. The fourth-order valence-corrected chi connectivity index (χ4v) is 3.37. The Morgan fingerprint density at radius 1 is 1.08 bits per heavy atom. The molecule has 2 aromatic rings. The number of rotatable bonds is 7. The number of thiocarbonyl (C=S) groups is 1. The van der Waals surface area contributed by atoms with Crippen LogP contribution in [0.1, 0.15) is 24.0 Å². The molecule has 0 bridgehead atoms. The molecule has 2 N–H and O–H groups in total. The standard InChI is InChI=1S/C20H24N2O2S2/c1-14-6-9-18(13-15(14)2)26-17-10-7-16(8-11-17)22-20(25)21-12-4-5-19(23)24-3/h6-11,13H,4-5,12H2,1-3H3,(H2,21,22,25). The third-order valence-corrected chi connectivity index (χ3v) is 5.14. The molecule has 0 saturated heterocycles. The Hall–Kier alpha value is -2.05. The van der Waals surface area contributed by atoms with Crippen LogP contribution in [0.2, 0.25) is 0 Å². The zero-order valence-corrected chi connectivity index (χ0v) is 16.9. The van der Waals surface area contributed by atoms with Crippen molar-refractivity contribution in [2.75, 3.05) is 19.0 Å². The van der Waals surface area contributed by atoms with Gasteiger partial charge >= 0.3 is 5.97 Å². The summed E-state index contributed by atoms with van der Waals surface area (Å²) in [6, 6.07) is 14.7. The van der Waals surface area contributed by atoms with Crippen LogP contribution in [0, 0.1) is 13.8 Å². The molecule has 0 amide bonds. The van der Waals surface area contributed by atoms with Gasteiger partial charge in [0.05, 0.1) is 7.11 Å². The molecule has 0 aliphatic carbocycles. The van der Waals surface area contributed by atoms with Crippen molar-refractivity contribution in [1.82, 2.24) is 5.32 Å². The lowest BCUT2D eigenvalue weighted by atomic mass is 10.1. The van der Waals surface area contributed by atoms with Crippen molar-refractivity contribution in [3.8, 4) is 0 Å². The molecule has 0 aliphatic heterocycles. The summed E-state index contributed by atoms with van der Waals surface area (Å²) in [6.07, 6.45) is 1.07. The third-order valence-electron chi connectivity index (χ3n) is 3.90. The van der Waals surface area contributed by atoms with Gasteiger partial charge in [0.25, 0.3) is 0 Å². The number of hydrogen-bond donors (Lipinski definition) is 2. The van der Waals surface area contributed by atoms with E-state index in [0.717, 1.165) is 5.69 Å². The average molecular weight is 389 g/mol. The monoisotopic (exact) mass is 388 g/mol. The lowest BCUT2D eigenvalue weighted by molar-refractivity contribution is -0.140.